The average molecular weight is 400 g/mol. The van der Waals surface area contributed by atoms with Crippen LogP contribution >= 0.6 is 0 Å². The summed E-state index contributed by atoms with van der Waals surface area (Å²) in [4.78, 5) is 44.1. The predicted molar refractivity (Wildman–Crippen MR) is 103 cm³/mol. The molecule has 0 radical (unpaired) electrons. The maximum absolute atomic E-state index is 12.5. The summed E-state index contributed by atoms with van der Waals surface area (Å²) >= 11 is 0. The third kappa shape index (κ3) is 3.87. The number of ether oxygens (including phenoxy) is 1. The van der Waals surface area contributed by atoms with Gasteiger partial charge in [-0.1, -0.05) is 0 Å². The molecule has 2 amide bonds. The predicted octanol–water partition coefficient (Wildman–Crippen LogP) is -0.491. The van der Waals surface area contributed by atoms with Gasteiger partial charge in [0.1, 0.15) is 12.4 Å². The summed E-state index contributed by atoms with van der Waals surface area (Å²) < 4.78 is 5.39. The third-order valence-electron chi connectivity index (χ3n) is 4.69. The van der Waals surface area contributed by atoms with Crippen molar-refractivity contribution in [3.8, 4) is 11.3 Å². The SMILES string of the molecule is Nc1ncc(-c2nc(N3CCOCC3)nc3c2CCN3C(=O)NCC(=O)O)cn1. The number of nitrogens with two attached hydrogens (primary N) is 1. The molecule has 0 saturated carbocycles. The zero-order valence-corrected chi connectivity index (χ0v) is 15.5. The normalized spacial score (nSPS) is 15.9. The molecule has 0 unspecified atom stereocenters. The smallest absolute Gasteiger partial charge is 0.323 e. The van der Waals surface area contributed by atoms with Gasteiger partial charge >= 0.3 is 12.0 Å². The van der Waals surface area contributed by atoms with E-state index in [1.54, 1.807) is 12.4 Å². The molecular weight excluding hydrogens is 380 g/mol. The molecule has 1 saturated heterocycles. The molecule has 4 rings (SSSR count). The van der Waals surface area contributed by atoms with E-state index in [1.807, 2.05) is 4.90 Å². The molecule has 29 heavy (non-hydrogen) atoms. The number of nitrogens with zero attached hydrogens (tertiary/aromatic N) is 6. The van der Waals surface area contributed by atoms with Crippen molar-refractivity contribution in [3.63, 3.8) is 0 Å². The van der Waals surface area contributed by atoms with Gasteiger partial charge in [-0.2, -0.15) is 4.98 Å². The molecule has 2 aromatic heterocycles. The van der Waals surface area contributed by atoms with Crippen LogP contribution in [0.3, 0.4) is 0 Å². The number of nitrogen functional groups attached to an aromatic ring is 1. The van der Waals surface area contributed by atoms with Crippen molar-refractivity contribution in [2.45, 2.75) is 6.42 Å². The van der Waals surface area contributed by atoms with Crippen molar-refractivity contribution in [2.24, 2.45) is 0 Å². The van der Waals surface area contributed by atoms with Crippen molar-refractivity contribution >= 4 is 29.7 Å². The van der Waals surface area contributed by atoms with Crippen LogP contribution in [0.5, 0.6) is 0 Å². The Morgan fingerprint density at radius 1 is 1.17 bits per heavy atom. The first-order valence-electron chi connectivity index (χ1n) is 9.11. The summed E-state index contributed by atoms with van der Waals surface area (Å²) in [6.07, 6.45) is 3.70. The molecule has 1 fully saturated rings. The van der Waals surface area contributed by atoms with Crippen LogP contribution in [0, 0.1) is 0 Å². The molecule has 2 aliphatic heterocycles. The van der Waals surface area contributed by atoms with Crippen molar-refractivity contribution in [3.05, 3.63) is 18.0 Å². The highest BCUT2D eigenvalue weighted by Gasteiger charge is 2.32. The Morgan fingerprint density at radius 3 is 2.59 bits per heavy atom. The molecule has 0 bridgehead atoms. The Balaban J connectivity index is 1.74. The zero-order chi connectivity index (χ0) is 20.4. The Kier molecular flexibility index (Phi) is 5.08. The summed E-state index contributed by atoms with van der Waals surface area (Å²) in [7, 11) is 0. The van der Waals surface area contributed by atoms with Crippen molar-refractivity contribution in [1.82, 2.24) is 25.3 Å². The van der Waals surface area contributed by atoms with Gasteiger partial charge in [-0.25, -0.2) is 19.7 Å². The van der Waals surface area contributed by atoms with Gasteiger partial charge in [0.2, 0.25) is 11.9 Å². The Morgan fingerprint density at radius 2 is 1.90 bits per heavy atom. The van der Waals surface area contributed by atoms with E-state index in [2.05, 4.69) is 20.3 Å². The van der Waals surface area contributed by atoms with Crippen LogP contribution < -0.4 is 20.9 Å². The molecular formula is C17H20N8O4. The number of carboxylic acids is 1. The van der Waals surface area contributed by atoms with Gasteiger partial charge in [0, 0.05) is 43.2 Å². The van der Waals surface area contributed by atoms with Crippen LogP contribution in [0.2, 0.25) is 0 Å². The quantitative estimate of drug-likeness (QED) is 0.611. The molecule has 0 atom stereocenters. The van der Waals surface area contributed by atoms with E-state index >= 15 is 0 Å². The van der Waals surface area contributed by atoms with Crippen LogP contribution in [-0.4, -0.2) is 76.4 Å². The van der Waals surface area contributed by atoms with Gasteiger partial charge < -0.3 is 25.8 Å². The van der Waals surface area contributed by atoms with Crippen LogP contribution in [0.25, 0.3) is 11.3 Å². The first kappa shape index (κ1) is 18.8. The molecule has 0 spiro atoms. The van der Waals surface area contributed by atoms with Gasteiger partial charge in [-0.15, -0.1) is 0 Å². The molecule has 2 aromatic rings. The highest BCUT2D eigenvalue weighted by Crippen LogP contribution is 2.35. The Labute approximate surface area is 165 Å². The minimum atomic E-state index is -1.12. The molecule has 152 valence electrons. The second-order valence-corrected chi connectivity index (χ2v) is 6.56. The molecule has 12 nitrogen and oxygen atoms in total. The monoisotopic (exact) mass is 400 g/mol. The van der Waals surface area contributed by atoms with Gasteiger partial charge in [-0.05, 0) is 6.42 Å². The molecule has 12 heteroatoms. The number of aliphatic carboxylic acids is 1. The fourth-order valence-corrected chi connectivity index (χ4v) is 3.29. The zero-order valence-electron chi connectivity index (χ0n) is 15.5. The molecule has 4 N–H and O–H groups in total. The number of carboxylic acid groups (broad SMARTS) is 1. The van der Waals surface area contributed by atoms with Crippen molar-refractivity contribution < 1.29 is 19.4 Å². The number of aromatic nitrogens is 4. The number of rotatable bonds is 4. The van der Waals surface area contributed by atoms with Gasteiger partial charge in [0.05, 0.1) is 18.9 Å². The van der Waals surface area contributed by atoms with E-state index in [4.69, 9.17) is 20.6 Å². The fraction of sp³-hybridized carbons (Fsp3) is 0.412. The highest BCUT2D eigenvalue weighted by molar-refractivity contribution is 5.95. The van der Waals surface area contributed by atoms with Crippen molar-refractivity contribution in [1.29, 1.82) is 0 Å². The number of carbonyl (C=O) groups is 2. The number of hydrogen-bond acceptors (Lipinski definition) is 9. The van der Waals surface area contributed by atoms with E-state index < -0.39 is 18.5 Å². The standard InChI is InChI=1S/C17H20N8O4/c18-15-19-7-10(8-20-15)13-11-1-2-25(17(28)21-9-12(26)27)14(11)23-16(22-13)24-3-5-29-6-4-24/h7-8H,1-6,9H2,(H,21,28)(H,26,27)(H2,18,19,20). The number of urea groups is 1. The second-order valence-electron chi connectivity index (χ2n) is 6.56. The summed E-state index contributed by atoms with van der Waals surface area (Å²) in [5.74, 6) is -0.0373. The summed E-state index contributed by atoms with van der Waals surface area (Å²) in [5.41, 5.74) is 7.67. The summed E-state index contributed by atoms with van der Waals surface area (Å²) in [6.45, 7) is 2.27. The van der Waals surface area contributed by atoms with Gasteiger partial charge in [0.15, 0.2) is 0 Å². The van der Waals surface area contributed by atoms with E-state index in [0.29, 0.717) is 62.3 Å². The summed E-state index contributed by atoms with van der Waals surface area (Å²) in [5, 5.41) is 11.2. The maximum atomic E-state index is 12.5. The lowest BCUT2D eigenvalue weighted by Gasteiger charge is -2.28. The molecule has 0 aromatic carbocycles. The van der Waals surface area contributed by atoms with Gasteiger partial charge in [-0.3, -0.25) is 9.69 Å². The van der Waals surface area contributed by atoms with E-state index in [9.17, 15) is 9.59 Å². The first-order chi connectivity index (χ1) is 14.0. The number of carbonyl (C=O) groups excluding carboxylic acids is 1. The molecule has 0 aliphatic carbocycles. The number of nitrogens with one attached hydrogen (secondary N) is 1. The molecule has 4 heterocycles. The van der Waals surface area contributed by atoms with Crippen LogP contribution in [0.1, 0.15) is 5.56 Å². The third-order valence-corrected chi connectivity index (χ3v) is 4.69. The second kappa shape index (κ2) is 7.83. The maximum Gasteiger partial charge on any atom is 0.323 e. The molecule has 2 aliphatic rings. The van der Waals surface area contributed by atoms with E-state index in [1.165, 1.54) is 4.90 Å². The van der Waals surface area contributed by atoms with Crippen molar-refractivity contribution in [2.75, 3.05) is 54.9 Å². The van der Waals surface area contributed by atoms with E-state index in [-0.39, 0.29) is 5.95 Å². The minimum Gasteiger partial charge on any atom is -0.480 e. The number of amides is 2. The number of fused-ring (bicyclic) bond motifs is 1. The largest absolute Gasteiger partial charge is 0.480 e. The minimum absolute atomic E-state index is 0.155. The van der Waals surface area contributed by atoms with Crippen LogP contribution in [0.4, 0.5) is 22.5 Å². The Bertz CT molecular complexity index is 930. The topological polar surface area (TPSA) is 160 Å². The lowest BCUT2D eigenvalue weighted by atomic mass is 10.1. The highest BCUT2D eigenvalue weighted by atomic mass is 16.5. The van der Waals surface area contributed by atoms with Crippen LogP contribution in [0.15, 0.2) is 12.4 Å². The van der Waals surface area contributed by atoms with E-state index in [0.717, 1.165) is 5.56 Å². The number of morpholine rings is 1. The fourth-order valence-electron chi connectivity index (χ4n) is 3.29. The summed E-state index contributed by atoms with van der Waals surface area (Å²) in [6, 6.07) is -0.516. The lowest BCUT2D eigenvalue weighted by Crippen LogP contribution is -2.42. The van der Waals surface area contributed by atoms with Crippen LogP contribution in [-0.2, 0) is 16.0 Å². The van der Waals surface area contributed by atoms with Gasteiger partial charge in [0.25, 0.3) is 0 Å². The first-order valence-corrected chi connectivity index (χ1v) is 9.11. The Hall–Kier alpha value is -3.54. The lowest BCUT2D eigenvalue weighted by molar-refractivity contribution is -0.135. The number of anilines is 3. The number of hydrogen-bond donors (Lipinski definition) is 3. The average Bonchev–Trinajstić information content (AvgIpc) is 3.17.